The molecule has 7 heteroatoms. The van der Waals surface area contributed by atoms with Crippen LogP contribution in [0.3, 0.4) is 0 Å². The number of fused-ring (bicyclic) bond motifs is 4. The Kier molecular flexibility index (Phi) is 6.73. The minimum absolute atomic E-state index is 0.140. The quantitative estimate of drug-likeness (QED) is 0.529. The molecule has 3 saturated heterocycles. The van der Waals surface area contributed by atoms with Gasteiger partial charge in [0.25, 0.3) is 0 Å². The molecule has 6 nitrogen and oxygen atoms in total. The maximum atomic E-state index is 13.0. The molecular weight excluding hydrogens is 395 g/mol. The lowest BCUT2D eigenvalue weighted by Gasteiger charge is -2.38. The van der Waals surface area contributed by atoms with Gasteiger partial charge >= 0.3 is 11.9 Å². The normalized spacial score (nSPS) is 29.7. The summed E-state index contributed by atoms with van der Waals surface area (Å²) in [5, 5.41) is 0. The van der Waals surface area contributed by atoms with Crippen molar-refractivity contribution in [2.24, 2.45) is 11.8 Å². The number of rotatable bonds is 6. The zero-order valence-electron chi connectivity index (χ0n) is 17.4. The van der Waals surface area contributed by atoms with Crippen molar-refractivity contribution in [1.29, 1.82) is 0 Å². The van der Waals surface area contributed by atoms with E-state index in [4.69, 9.17) is 26.8 Å². The summed E-state index contributed by atoms with van der Waals surface area (Å²) < 4.78 is 23.0. The van der Waals surface area contributed by atoms with E-state index in [2.05, 4.69) is 0 Å². The van der Waals surface area contributed by atoms with E-state index in [-0.39, 0.29) is 19.6 Å². The van der Waals surface area contributed by atoms with Crippen molar-refractivity contribution in [3.05, 3.63) is 71.8 Å². The number of benzene rings is 2. The summed E-state index contributed by atoms with van der Waals surface area (Å²) in [5.74, 6) is -2.28. The third-order valence-electron chi connectivity index (χ3n) is 5.83. The SMILES string of the molecule is [B][C@@H]1OC2C(C)OC1C(C(=O)OCc1ccccc1)CC2C(=O)OCc1ccccc1. The van der Waals surface area contributed by atoms with E-state index in [1.807, 2.05) is 67.6 Å². The molecule has 0 aliphatic carbocycles. The van der Waals surface area contributed by atoms with Crippen LogP contribution in [0.1, 0.15) is 24.5 Å². The lowest BCUT2D eigenvalue weighted by atomic mass is 9.83. The van der Waals surface area contributed by atoms with Gasteiger partial charge in [0, 0.05) is 6.00 Å². The molecule has 2 aromatic carbocycles. The maximum Gasteiger partial charge on any atom is 0.312 e. The number of hydrogen-bond acceptors (Lipinski definition) is 6. The van der Waals surface area contributed by atoms with Crippen LogP contribution in [0.2, 0.25) is 0 Å². The van der Waals surface area contributed by atoms with Crippen molar-refractivity contribution in [2.45, 2.75) is 50.9 Å². The Bertz CT molecular complexity index is 816. The molecule has 6 atom stereocenters. The Morgan fingerprint density at radius 1 is 0.839 bits per heavy atom. The average molecular weight is 420 g/mol. The standard InChI is InChI=1S/C24H25BO6/c1-15-20-18(23(26)28-13-16-8-4-2-5-9-16)12-19(21(30-15)22(25)31-20)24(27)29-14-17-10-6-3-7-11-17/h2-11,15,18-22H,12-14H2,1H3/t15?,18?,19?,20?,21?,22-/m1/s1. The molecule has 5 unspecified atom stereocenters. The van der Waals surface area contributed by atoms with Gasteiger partial charge in [-0.05, 0) is 24.5 Å². The van der Waals surface area contributed by atoms with Gasteiger partial charge in [-0.3, -0.25) is 9.59 Å². The van der Waals surface area contributed by atoms with E-state index >= 15 is 0 Å². The van der Waals surface area contributed by atoms with Crippen LogP contribution in [0.25, 0.3) is 0 Å². The van der Waals surface area contributed by atoms with Crippen molar-refractivity contribution >= 4 is 19.8 Å². The zero-order chi connectivity index (χ0) is 21.8. The smallest absolute Gasteiger partial charge is 0.312 e. The molecule has 3 heterocycles. The van der Waals surface area contributed by atoms with Gasteiger partial charge in [0.1, 0.15) is 21.1 Å². The minimum atomic E-state index is -0.817. The number of hydrogen-bond donors (Lipinski definition) is 0. The summed E-state index contributed by atoms with van der Waals surface area (Å²) in [7, 11) is 6.14. The van der Waals surface area contributed by atoms with E-state index in [9.17, 15) is 9.59 Å². The number of ether oxygens (including phenoxy) is 4. The Labute approximate surface area is 183 Å². The lowest BCUT2D eigenvalue weighted by molar-refractivity contribution is -0.205. The Balaban J connectivity index is 1.46. The van der Waals surface area contributed by atoms with E-state index in [0.717, 1.165) is 11.1 Å². The molecule has 2 radical (unpaired) electrons. The average Bonchev–Trinajstić information content (AvgIpc) is 3.03. The molecular formula is C24H25BO6. The predicted octanol–water partition coefficient (Wildman–Crippen LogP) is 2.78. The molecule has 31 heavy (non-hydrogen) atoms. The van der Waals surface area contributed by atoms with Crippen LogP contribution in [-0.2, 0) is 41.8 Å². The first-order valence-electron chi connectivity index (χ1n) is 10.5. The molecule has 2 bridgehead atoms. The highest BCUT2D eigenvalue weighted by Crippen LogP contribution is 2.39. The zero-order valence-corrected chi connectivity index (χ0v) is 17.4. The first-order chi connectivity index (χ1) is 15.0. The first-order valence-corrected chi connectivity index (χ1v) is 10.5. The number of carbonyl (C=O) groups is 2. The molecule has 0 spiro atoms. The molecule has 2 aromatic rings. The van der Waals surface area contributed by atoms with Crippen LogP contribution in [0, 0.1) is 11.8 Å². The fourth-order valence-electron chi connectivity index (χ4n) is 4.19. The van der Waals surface area contributed by atoms with E-state index in [1.54, 1.807) is 0 Å². The second-order valence-electron chi connectivity index (χ2n) is 8.01. The van der Waals surface area contributed by atoms with Gasteiger partial charge in [-0.25, -0.2) is 0 Å². The highest BCUT2D eigenvalue weighted by molar-refractivity contribution is 6.11. The van der Waals surface area contributed by atoms with Crippen molar-refractivity contribution in [3.63, 3.8) is 0 Å². The van der Waals surface area contributed by atoms with Gasteiger partial charge < -0.3 is 18.9 Å². The topological polar surface area (TPSA) is 71.1 Å². The Morgan fingerprint density at radius 3 is 1.84 bits per heavy atom. The summed E-state index contributed by atoms with van der Waals surface area (Å²) in [6.45, 7) is 2.11. The molecule has 3 aliphatic heterocycles. The fourth-order valence-corrected chi connectivity index (χ4v) is 4.19. The lowest BCUT2D eigenvalue weighted by Crippen LogP contribution is -2.51. The van der Waals surface area contributed by atoms with Crippen molar-refractivity contribution in [3.8, 4) is 0 Å². The molecule has 5 rings (SSSR count). The third kappa shape index (κ3) is 5.00. The van der Waals surface area contributed by atoms with Crippen LogP contribution in [0.15, 0.2) is 60.7 Å². The van der Waals surface area contributed by atoms with Crippen LogP contribution < -0.4 is 0 Å². The maximum absolute atomic E-state index is 13.0. The highest BCUT2D eigenvalue weighted by Gasteiger charge is 2.52. The van der Waals surface area contributed by atoms with Crippen molar-refractivity contribution < 1.29 is 28.5 Å². The second kappa shape index (κ2) is 9.66. The van der Waals surface area contributed by atoms with Gasteiger partial charge in [-0.1, -0.05) is 60.7 Å². The van der Waals surface area contributed by atoms with Crippen LogP contribution in [0.5, 0.6) is 0 Å². The number of esters is 2. The van der Waals surface area contributed by atoms with E-state index < -0.39 is 48.1 Å². The van der Waals surface area contributed by atoms with Crippen LogP contribution in [-0.4, -0.2) is 44.1 Å². The molecule has 0 saturated carbocycles. The highest BCUT2D eigenvalue weighted by atomic mass is 16.6. The van der Waals surface area contributed by atoms with Crippen LogP contribution in [0.4, 0.5) is 0 Å². The van der Waals surface area contributed by atoms with Crippen molar-refractivity contribution in [2.75, 3.05) is 0 Å². The Morgan fingerprint density at radius 2 is 1.32 bits per heavy atom. The molecule has 0 N–H and O–H groups in total. The molecule has 3 aliphatic rings. The molecule has 160 valence electrons. The Hall–Kier alpha value is -2.64. The molecule has 0 amide bonds. The first kappa shape index (κ1) is 21.6. The van der Waals surface area contributed by atoms with Crippen LogP contribution >= 0.6 is 0 Å². The van der Waals surface area contributed by atoms with Gasteiger partial charge in [0.2, 0.25) is 0 Å². The fraction of sp³-hybridized carbons (Fsp3) is 0.417. The van der Waals surface area contributed by atoms with Gasteiger partial charge in [-0.2, -0.15) is 0 Å². The van der Waals surface area contributed by atoms with Gasteiger partial charge in [0.05, 0.1) is 30.1 Å². The third-order valence-corrected chi connectivity index (χ3v) is 5.83. The summed E-state index contributed by atoms with van der Waals surface area (Å²) in [5.41, 5.74) is 1.76. The monoisotopic (exact) mass is 420 g/mol. The summed E-state index contributed by atoms with van der Waals surface area (Å²) in [4.78, 5) is 25.9. The van der Waals surface area contributed by atoms with E-state index in [0.29, 0.717) is 0 Å². The predicted molar refractivity (Wildman–Crippen MR) is 113 cm³/mol. The second-order valence-corrected chi connectivity index (χ2v) is 8.01. The largest absolute Gasteiger partial charge is 0.461 e. The summed E-state index contributed by atoms with van der Waals surface area (Å²) in [6, 6.07) is 18.0. The van der Waals surface area contributed by atoms with Crippen molar-refractivity contribution in [1.82, 2.24) is 0 Å². The van der Waals surface area contributed by atoms with Gasteiger partial charge in [0.15, 0.2) is 0 Å². The van der Waals surface area contributed by atoms with E-state index in [1.165, 1.54) is 0 Å². The summed E-state index contributed by atoms with van der Waals surface area (Å²) in [6.07, 6.45) is -1.46. The minimum Gasteiger partial charge on any atom is -0.461 e. The number of carbonyl (C=O) groups excluding carboxylic acids is 2. The molecule has 0 aromatic heterocycles. The molecule has 3 fully saturated rings. The van der Waals surface area contributed by atoms with Gasteiger partial charge in [-0.15, -0.1) is 0 Å². The summed E-state index contributed by atoms with van der Waals surface area (Å²) >= 11 is 0.